The van der Waals surface area contributed by atoms with Gasteiger partial charge in [0.1, 0.15) is 0 Å². The first-order valence-electron chi connectivity index (χ1n) is 7.19. The highest BCUT2D eigenvalue weighted by atomic mass is 15.6. The number of hydrogen-bond acceptors (Lipinski definition) is 4. The van der Waals surface area contributed by atoms with Crippen LogP contribution in [0.4, 0.5) is 0 Å². The fourth-order valence-electron chi connectivity index (χ4n) is 3.84. The zero-order valence-electron chi connectivity index (χ0n) is 13.1. The summed E-state index contributed by atoms with van der Waals surface area (Å²) in [5.74, 6) is 0.945. The summed E-state index contributed by atoms with van der Waals surface area (Å²) in [6, 6.07) is 0.586. The quantitative estimate of drug-likeness (QED) is 0.913. The molecule has 0 saturated heterocycles. The zero-order valence-corrected chi connectivity index (χ0v) is 13.1. The monoisotopic (exact) mass is 265 g/mol. The molecule has 0 aromatic carbocycles. The van der Waals surface area contributed by atoms with Crippen LogP contribution in [0, 0.1) is 10.8 Å². The van der Waals surface area contributed by atoms with Crippen molar-refractivity contribution in [2.45, 2.75) is 66.0 Å². The van der Waals surface area contributed by atoms with Crippen molar-refractivity contribution in [3.05, 3.63) is 5.82 Å². The van der Waals surface area contributed by atoms with Gasteiger partial charge in [0, 0.05) is 0 Å². The molecule has 0 radical (unpaired) electrons. The van der Waals surface area contributed by atoms with E-state index < -0.39 is 0 Å². The molecule has 1 aliphatic carbocycles. The first kappa shape index (κ1) is 14.4. The molecule has 1 aromatic heterocycles. The lowest BCUT2D eigenvalue weighted by Crippen LogP contribution is -2.36. The average molecular weight is 265 g/mol. The topological polar surface area (TPSA) is 55.6 Å². The highest BCUT2D eigenvalue weighted by Gasteiger charge is 2.40. The molecule has 2 rings (SSSR count). The van der Waals surface area contributed by atoms with Crippen molar-refractivity contribution in [3.8, 4) is 0 Å². The Bertz CT molecular complexity index is 419. The fraction of sp³-hybridized carbons (Fsp3) is 0.929. The molecule has 1 saturated carbocycles. The van der Waals surface area contributed by atoms with Crippen LogP contribution in [-0.4, -0.2) is 27.3 Å². The summed E-state index contributed by atoms with van der Waals surface area (Å²) in [5.41, 5.74) is 0.692. The number of hydrogen-bond donors (Lipinski definition) is 1. The van der Waals surface area contributed by atoms with Crippen molar-refractivity contribution in [3.63, 3.8) is 0 Å². The predicted molar refractivity (Wildman–Crippen MR) is 75.7 cm³/mol. The van der Waals surface area contributed by atoms with Crippen LogP contribution in [0.3, 0.4) is 0 Å². The van der Waals surface area contributed by atoms with E-state index in [0.717, 1.165) is 18.7 Å². The predicted octanol–water partition coefficient (Wildman–Crippen LogP) is 2.73. The Hall–Kier alpha value is -0.970. The summed E-state index contributed by atoms with van der Waals surface area (Å²) in [6.07, 6.45) is 3.55. The first-order chi connectivity index (χ1) is 8.74. The lowest BCUT2D eigenvalue weighted by atomic mass is 9.63. The summed E-state index contributed by atoms with van der Waals surface area (Å²) >= 11 is 0. The third-order valence-corrected chi connectivity index (χ3v) is 4.22. The normalized spacial score (nSPS) is 24.3. The Morgan fingerprint density at radius 1 is 1.21 bits per heavy atom. The van der Waals surface area contributed by atoms with E-state index in [1.54, 1.807) is 0 Å². The number of nitrogens with one attached hydrogen (secondary N) is 1. The Kier molecular flexibility index (Phi) is 3.69. The lowest BCUT2D eigenvalue weighted by Gasteiger charge is -2.45. The molecule has 1 unspecified atom stereocenters. The van der Waals surface area contributed by atoms with Crippen molar-refractivity contribution in [2.24, 2.45) is 10.8 Å². The Labute approximate surface area is 116 Å². The van der Waals surface area contributed by atoms with Gasteiger partial charge in [-0.3, -0.25) is 0 Å². The van der Waals surface area contributed by atoms with Gasteiger partial charge in [-0.15, -0.1) is 5.10 Å². The van der Waals surface area contributed by atoms with Crippen LogP contribution in [0.2, 0.25) is 0 Å². The SMILES string of the molecule is CNC(C)c1nnnn1C1CC(C)(C)CC(C)(C)C1. The van der Waals surface area contributed by atoms with E-state index in [0.29, 0.717) is 16.9 Å². The van der Waals surface area contributed by atoms with E-state index in [9.17, 15) is 0 Å². The van der Waals surface area contributed by atoms with Gasteiger partial charge in [-0.05, 0) is 54.5 Å². The number of rotatable bonds is 3. The molecular weight excluding hydrogens is 238 g/mol. The van der Waals surface area contributed by atoms with Gasteiger partial charge in [0.25, 0.3) is 0 Å². The number of nitrogens with zero attached hydrogens (tertiary/aromatic N) is 4. The van der Waals surface area contributed by atoms with Crippen molar-refractivity contribution < 1.29 is 0 Å². The van der Waals surface area contributed by atoms with Crippen LogP contribution in [0.1, 0.15) is 71.8 Å². The smallest absolute Gasteiger partial charge is 0.168 e. The standard InChI is InChI=1S/C14H27N5/c1-10(15-6)12-16-17-18-19(12)11-7-13(2,3)9-14(4,5)8-11/h10-11,15H,7-9H2,1-6H3. The van der Waals surface area contributed by atoms with E-state index in [2.05, 4.69) is 55.5 Å². The van der Waals surface area contributed by atoms with Crippen molar-refractivity contribution in [1.29, 1.82) is 0 Å². The van der Waals surface area contributed by atoms with Gasteiger partial charge in [0.05, 0.1) is 12.1 Å². The molecule has 108 valence electrons. The molecule has 1 heterocycles. The summed E-state index contributed by atoms with van der Waals surface area (Å²) in [5, 5.41) is 15.6. The third kappa shape index (κ3) is 3.14. The van der Waals surface area contributed by atoms with Gasteiger partial charge in [-0.25, -0.2) is 4.68 Å². The van der Waals surface area contributed by atoms with E-state index in [1.165, 1.54) is 6.42 Å². The van der Waals surface area contributed by atoms with Crippen molar-refractivity contribution in [1.82, 2.24) is 25.5 Å². The highest BCUT2D eigenvalue weighted by molar-refractivity contribution is 4.97. The molecule has 1 fully saturated rings. The molecule has 0 aliphatic heterocycles. The van der Waals surface area contributed by atoms with Gasteiger partial charge in [0.15, 0.2) is 5.82 Å². The minimum absolute atomic E-state index is 0.183. The summed E-state index contributed by atoms with van der Waals surface area (Å²) < 4.78 is 2.05. The fourth-order valence-corrected chi connectivity index (χ4v) is 3.84. The Balaban J connectivity index is 2.29. The second-order valence-electron chi connectivity index (χ2n) is 7.56. The van der Waals surface area contributed by atoms with Crippen LogP contribution in [0.15, 0.2) is 0 Å². The Morgan fingerprint density at radius 3 is 2.32 bits per heavy atom. The van der Waals surface area contributed by atoms with E-state index in [4.69, 9.17) is 0 Å². The molecule has 19 heavy (non-hydrogen) atoms. The molecule has 5 heteroatoms. The largest absolute Gasteiger partial charge is 0.311 e. The highest BCUT2D eigenvalue weighted by Crippen LogP contribution is 2.50. The van der Waals surface area contributed by atoms with Crippen LogP contribution in [0.25, 0.3) is 0 Å². The third-order valence-electron chi connectivity index (χ3n) is 4.22. The molecule has 1 aromatic rings. The molecule has 0 spiro atoms. The van der Waals surface area contributed by atoms with Crippen LogP contribution < -0.4 is 5.32 Å². The summed E-state index contributed by atoms with van der Waals surface area (Å²) in [4.78, 5) is 0. The van der Waals surface area contributed by atoms with Crippen LogP contribution in [0.5, 0.6) is 0 Å². The first-order valence-corrected chi connectivity index (χ1v) is 7.19. The van der Waals surface area contributed by atoms with E-state index >= 15 is 0 Å². The minimum atomic E-state index is 0.183. The molecule has 1 atom stereocenters. The van der Waals surface area contributed by atoms with Crippen molar-refractivity contribution in [2.75, 3.05) is 7.05 Å². The van der Waals surface area contributed by atoms with Crippen molar-refractivity contribution >= 4 is 0 Å². The molecular formula is C14H27N5. The maximum atomic E-state index is 4.26. The minimum Gasteiger partial charge on any atom is -0.311 e. The van der Waals surface area contributed by atoms with Gasteiger partial charge >= 0.3 is 0 Å². The number of aromatic nitrogens is 4. The molecule has 0 bridgehead atoms. The summed E-state index contributed by atoms with van der Waals surface area (Å²) in [6.45, 7) is 11.5. The van der Waals surface area contributed by atoms with E-state index in [1.807, 2.05) is 11.7 Å². The molecule has 5 nitrogen and oxygen atoms in total. The Morgan fingerprint density at radius 2 is 1.79 bits per heavy atom. The van der Waals surface area contributed by atoms with E-state index in [-0.39, 0.29) is 6.04 Å². The summed E-state index contributed by atoms with van der Waals surface area (Å²) in [7, 11) is 1.94. The van der Waals surface area contributed by atoms with Crippen LogP contribution in [-0.2, 0) is 0 Å². The van der Waals surface area contributed by atoms with Gasteiger partial charge in [-0.2, -0.15) is 0 Å². The second kappa shape index (κ2) is 4.85. The molecule has 1 aliphatic rings. The van der Waals surface area contributed by atoms with Crippen LogP contribution >= 0.6 is 0 Å². The maximum absolute atomic E-state index is 4.26. The van der Waals surface area contributed by atoms with Gasteiger partial charge in [-0.1, -0.05) is 27.7 Å². The molecule has 0 amide bonds. The van der Waals surface area contributed by atoms with Gasteiger partial charge in [0.2, 0.25) is 0 Å². The zero-order chi connectivity index (χ0) is 14.3. The number of tetrazole rings is 1. The lowest BCUT2D eigenvalue weighted by molar-refractivity contribution is 0.0646. The molecule has 1 N–H and O–H groups in total. The maximum Gasteiger partial charge on any atom is 0.168 e. The van der Waals surface area contributed by atoms with Gasteiger partial charge < -0.3 is 5.32 Å². The second-order valence-corrected chi connectivity index (χ2v) is 7.56. The average Bonchev–Trinajstić information content (AvgIpc) is 2.72.